The van der Waals surface area contributed by atoms with Gasteiger partial charge >= 0.3 is 0 Å². The molecule has 1 aromatic heterocycles. The predicted molar refractivity (Wildman–Crippen MR) is 82.0 cm³/mol. The first-order chi connectivity index (χ1) is 10.1. The number of amides is 1. The van der Waals surface area contributed by atoms with Crippen molar-refractivity contribution in [2.75, 3.05) is 11.9 Å². The van der Waals surface area contributed by atoms with Crippen LogP contribution in [-0.4, -0.2) is 17.6 Å². The van der Waals surface area contributed by atoms with Gasteiger partial charge in [0.2, 0.25) is 0 Å². The van der Waals surface area contributed by atoms with Crippen molar-refractivity contribution in [1.82, 2.24) is 0 Å². The second-order valence-corrected chi connectivity index (χ2v) is 5.39. The number of rotatable bonds is 3. The van der Waals surface area contributed by atoms with Crippen LogP contribution in [0.25, 0.3) is 0 Å². The van der Waals surface area contributed by atoms with Crippen LogP contribution in [0, 0.1) is 24.6 Å². The van der Waals surface area contributed by atoms with E-state index in [0.29, 0.717) is 22.5 Å². The van der Waals surface area contributed by atoms with Gasteiger partial charge in [-0.25, -0.2) is 4.39 Å². The van der Waals surface area contributed by atoms with E-state index in [9.17, 15) is 9.18 Å². The predicted octanol–water partition coefficient (Wildman–Crippen LogP) is 3.18. The van der Waals surface area contributed by atoms with E-state index in [0.717, 1.165) is 4.88 Å². The van der Waals surface area contributed by atoms with Gasteiger partial charge in [-0.15, -0.1) is 11.3 Å². The van der Waals surface area contributed by atoms with Gasteiger partial charge in [0.15, 0.2) is 0 Å². The second-order valence-electron chi connectivity index (χ2n) is 4.31. The SMILES string of the molecule is Cc1c(F)cccc1NC(=O)c1ccc(C#CCCO)s1. The molecule has 0 atom stereocenters. The number of aliphatic hydroxyl groups is 1. The Balaban J connectivity index is 2.11. The molecule has 0 aliphatic carbocycles. The number of hydrogen-bond acceptors (Lipinski definition) is 3. The number of benzene rings is 1. The molecule has 0 spiro atoms. The second kappa shape index (κ2) is 7.02. The average Bonchev–Trinajstić information content (AvgIpc) is 2.93. The number of nitrogens with one attached hydrogen (secondary N) is 1. The van der Waals surface area contributed by atoms with E-state index in [1.807, 2.05) is 0 Å². The number of hydrogen-bond donors (Lipinski definition) is 2. The molecular formula is C16H14FNO2S. The number of anilines is 1. The van der Waals surface area contributed by atoms with E-state index < -0.39 is 0 Å². The molecule has 0 radical (unpaired) electrons. The summed E-state index contributed by atoms with van der Waals surface area (Å²) in [6, 6.07) is 8.00. The van der Waals surface area contributed by atoms with E-state index >= 15 is 0 Å². The number of aliphatic hydroxyl groups excluding tert-OH is 1. The zero-order valence-corrected chi connectivity index (χ0v) is 12.3. The number of thiophene rings is 1. The fourth-order valence-corrected chi connectivity index (χ4v) is 2.44. The minimum absolute atomic E-state index is 0.0184. The topological polar surface area (TPSA) is 49.3 Å². The first-order valence-corrected chi connectivity index (χ1v) is 7.19. The van der Waals surface area contributed by atoms with E-state index in [1.54, 1.807) is 31.2 Å². The summed E-state index contributed by atoms with van der Waals surface area (Å²) in [4.78, 5) is 13.4. The van der Waals surface area contributed by atoms with Crippen LogP contribution >= 0.6 is 11.3 Å². The molecule has 0 saturated heterocycles. The monoisotopic (exact) mass is 303 g/mol. The van der Waals surface area contributed by atoms with Gasteiger partial charge in [-0.2, -0.15) is 0 Å². The van der Waals surface area contributed by atoms with Crippen LogP contribution in [0.4, 0.5) is 10.1 Å². The van der Waals surface area contributed by atoms with Gasteiger partial charge in [0, 0.05) is 17.7 Å². The summed E-state index contributed by atoms with van der Waals surface area (Å²) in [6.45, 7) is 1.63. The zero-order chi connectivity index (χ0) is 15.2. The van der Waals surface area contributed by atoms with E-state index in [2.05, 4.69) is 17.2 Å². The highest BCUT2D eigenvalue weighted by Gasteiger charge is 2.11. The lowest BCUT2D eigenvalue weighted by Gasteiger charge is -2.07. The van der Waals surface area contributed by atoms with Gasteiger partial charge < -0.3 is 10.4 Å². The normalized spacial score (nSPS) is 9.86. The molecule has 108 valence electrons. The Hall–Kier alpha value is -2.16. The Kier molecular flexibility index (Phi) is 5.09. The first-order valence-electron chi connectivity index (χ1n) is 6.38. The highest BCUT2D eigenvalue weighted by Crippen LogP contribution is 2.21. The maximum absolute atomic E-state index is 13.4. The van der Waals surface area contributed by atoms with Crippen molar-refractivity contribution in [3.05, 3.63) is 51.5 Å². The van der Waals surface area contributed by atoms with Crippen LogP contribution in [0.1, 0.15) is 26.5 Å². The Morgan fingerprint density at radius 2 is 2.19 bits per heavy atom. The molecule has 2 rings (SSSR count). The van der Waals surface area contributed by atoms with Gasteiger partial charge in [0.1, 0.15) is 5.82 Å². The first kappa shape index (κ1) is 15.2. The maximum atomic E-state index is 13.4. The summed E-state index contributed by atoms with van der Waals surface area (Å²) in [7, 11) is 0. The summed E-state index contributed by atoms with van der Waals surface area (Å²) >= 11 is 1.26. The van der Waals surface area contributed by atoms with Crippen LogP contribution in [-0.2, 0) is 0 Å². The molecule has 1 heterocycles. The minimum Gasteiger partial charge on any atom is -0.395 e. The third-order valence-electron chi connectivity index (χ3n) is 2.79. The van der Waals surface area contributed by atoms with Gasteiger partial charge in [-0.05, 0) is 31.2 Å². The molecule has 3 nitrogen and oxygen atoms in total. The molecule has 2 N–H and O–H groups in total. The van der Waals surface area contributed by atoms with Crippen molar-refractivity contribution in [2.24, 2.45) is 0 Å². The molecule has 0 saturated carbocycles. The van der Waals surface area contributed by atoms with Crippen LogP contribution in [0.2, 0.25) is 0 Å². The standard InChI is InChI=1S/C16H14FNO2S/c1-11-13(17)6-4-7-14(11)18-16(20)15-9-8-12(21-15)5-2-3-10-19/h4,6-9,19H,3,10H2,1H3,(H,18,20). The molecule has 0 aliphatic rings. The highest BCUT2D eigenvalue weighted by atomic mass is 32.1. The number of carbonyl (C=O) groups is 1. The molecule has 0 unspecified atom stereocenters. The van der Waals surface area contributed by atoms with Crippen LogP contribution in [0.15, 0.2) is 30.3 Å². The lowest BCUT2D eigenvalue weighted by molar-refractivity contribution is 0.103. The summed E-state index contributed by atoms with van der Waals surface area (Å²) in [6.07, 6.45) is 0.405. The minimum atomic E-state index is -0.352. The van der Waals surface area contributed by atoms with Crippen LogP contribution in [0.3, 0.4) is 0 Å². The fraction of sp³-hybridized carbons (Fsp3) is 0.188. The summed E-state index contributed by atoms with van der Waals surface area (Å²) in [5.41, 5.74) is 0.867. The van der Waals surface area contributed by atoms with Gasteiger partial charge in [0.05, 0.1) is 16.4 Å². The van der Waals surface area contributed by atoms with Crippen molar-refractivity contribution in [2.45, 2.75) is 13.3 Å². The molecule has 1 amide bonds. The molecule has 0 fully saturated rings. The van der Waals surface area contributed by atoms with Gasteiger partial charge in [-0.3, -0.25) is 4.79 Å². The number of carbonyl (C=O) groups excluding carboxylic acids is 1. The lowest BCUT2D eigenvalue weighted by atomic mass is 10.2. The van der Waals surface area contributed by atoms with E-state index in [4.69, 9.17) is 5.11 Å². The largest absolute Gasteiger partial charge is 0.395 e. The molecule has 2 aromatic rings. The molecule has 0 bridgehead atoms. The van der Waals surface area contributed by atoms with Crippen LogP contribution in [0.5, 0.6) is 0 Å². The Bertz CT molecular complexity index is 713. The van der Waals surface area contributed by atoms with Crippen molar-refractivity contribution in [3.8, 4) is 11.8 Å². The highest BCUT2D eigenvalue weighted by molar-refractivity contribution is 7.14. The summed E-state index contributed by atoms with van der Waals surface area (Å²) in [5.74, 6) is 5.03. The van der Waals surface area contributed by atoms with Crippen LogP contribution < -0.4 is 5.32 Å². The van der Waals surface area contributed by atoms with Crippen molar-refractivity contribution in [3.63, 3.8) is 0 Å². The van der Waals surface area contributed by atoms with E-state index in [1.165, 1.54) is 17.4 Å². The zero-order valence-electron chi connectivity index (χ0n) is 11.4. The third kappa shape index (κ3) is 3.91. The average molecular weight is 303 g/mol. The van der Waals surface area contributed by atoms with Crippen molar-refractivity contribution in [1.29, 1.82) is 0 Å². The maximum Gasteiger partial charge on any atom is 0.265 e. The number of halogens is 1. The summed E-state index contributed by atoms with van der Waals surface area (Å²) in [5, 5.41) is 11.3. The molecule has 0 aliphatic heterocycles. The quantitative estimate of drug-likeness (QED) is 0.856. The molecular weight excluding hydrogens is 289 g/mol. The molecule has 5 heteroatoms. The Morgan fingerprint density at radius 1 is 1.38 bits per heavy atom. The Morgan fingerprint density at radius 3 is 2.95 bits per heavy atom. The van der Waals surface area contributed by atoms with Crippen molar-refractivity contribution >= 4 is 22.9 Å². The van der Waals surface area contributed by atoms with Crippen molar-refractivity contribution < 1.29 is 14.3 Å². The lowest BCUT2D eigenvalue weighted by Crippen LogP contribution is -2.11. The third-order valence-corrected chi connectivity index (χ3v) is 3.79. The van der Waals surface area contributed by atoms with Gasteiger partial charge in [0.25, 0.3) is 5.91 Å². The molecule has 1 aromatic carbocycles. The van der Waals surface area contributed by atoms with Gasteiger partial charge in [-0.1, -0.05) is 17.9 Å². The smallest absolute Gasteiger partial charge is 0.265 e. The summed E-state index contributed by atoms with van der Waals surface area (Å²) < 4.78 is 13.4. The fourth-order valence-electron chi connectivity index (χ4n) is 1.66. The van der Waals surface area contributed by atoms with E-state index in [-0.39, 0.29) is 18.3 Å². The molecule has 21 heavy (non-hydrogen) atoms. The Labute approximate surface area is 126 Å².